The highest BCUT2D eigenvalue weighted by atomic mass is 16.3. The van der Waals surface area contributed by atoms with Crippen LogP contribution in [0, 0.1) is 6.92 Å². The van der Waals surface area contributed by atoms with Crippen molar-refractivity contribution in [1.29, 1.82) is 0 Å². The zero-order valence-corrected chi connectivity index (χ0v) is 11.5. The van der Waals surface area contributed by atoms with Gasteiger partial charge in [0.05, 0.1) is 11.1 Å². The van der Waals surface area contributed by atoms with E-state index in [1.807, 2.05) is 31.2 Å². The Morgan fingerprint density at radius 3 is 2.76 bits per heavy atom. The number of aromatic hydroxyl groups is 1. The number of rotatable bonds is 2. The van der Waals surface area contributed by atoms with Crippen molar-refractivity contribution in [3.8, 4) is 5.75 Å². The molecule has 1 aromatic heterocycles. The average Bonchev–Trinajstić information content (AvgIpc) is 2.49. The molecule has 21 heavy (non-hydrogen) atoms. The average molecular weight is 278 g/mol. The van der Waals surface area contributed by atoms with Crippen molar-refractivity contribution >= 4 is 22.5 Å². The first kappa shape index (κ1) is 13.1. The number of nitrogens with zero attached hydrogens (tertiary/aromatic N) is 1. The second-order valence-electron chi connectivity index (χ2n) is 4.83. The number of carbonyl (C=O) groups is 1. The summed E-state index contributed by atoms with van der Waals surface area (Å²) in [5, 5.41) is 13.1. The van der Waals surface area contributed by atoms with Gasteiger partial charge in [0.25, 0.3) is 5.91 Å². The molecule has 2 N–H and O–H groups in total. The highest BCUT2D eigenvalue weighted by molar-refractivity contribution is 6.12. The number of phenolic OH excluding ortho intramolecular Hbond substituents is 1. The lowest BCUT2D eigenvalue weighted by molar-refractivity contribution is 0.102. The molecule has 1 heterocycles. The van der Waals surface area contributed by atoms with Crippen LogP contribution in [0.4, 0.5) is 5.69 Å². The number of amides is 1. The Morgan fingerprint density at radius 1 is 1.14 bits per heavy atom. The van der Waals surface area contributed by atoms with E-state index in [0.29, 0.717) is 11.3 Å². The number of aromatic nitrogens is 1. The van der Waals surface area contributed by atoms with E-state index in [0.717, 1.165) is 16.5 Å². The van der Waals surface area contributed by atoms with Crippen LogP contribution in [0.1, 0.15) is 15.9 Å². The van der Waals surface area contributed by atoms with E-state index in [9.17, 15) is 9.90 Å². The fourth-order valence-corrected chi connectivity index (χ4v) is 2.27. The summed E-state index contributed by atoms with van der Waals surface area (Å²) in [5.41, 5.74) is 2.85. The van der Waals surface area contributed by atoms with Crippen LogP contribution in [0.25, 0.3) is 10.9 Å². The summed E-state index contributed by atoms with van der Waals surface area (Å²) in [6.45, 7) is 1.83. The van der Waals surface area contributed by atoms with Crippen molar-refractivity contribution in [1.82, 2.24) is 4.98 Å². The summed E-state index contributed by atoms with van der Waals surface area (Å²) in [7, 11) is 0. The van der Waals surface area contributed by atoms with Gasteiger partial charge in [-0.2, -0.15) is 0 Å². The predicted molar refractivity (Wildman–Crippen MR) is 82.5 cm³/mol. The largest absolute Gasteiger partial charge is 0.508 e. The zero-order valence-electron chi connectivity index (χ0n) is 11.5. The van der Waals surface area contributed by atoms with Crippen LogP contribution in [0.3, 0.4) is 0 Å². The van der Waals surface area contributed by atoms with E-state index >= 15 is 0 Å². The number of pyridine rings is 1. The van der Waals surface area contributed by atoms with Crippen molar-refractivity contribution in [3.63, 3.8) is 0 Å². The zero-order chi connectivity index (χ0) is 14.8. The molecule has 0 unspecified atom stereocenters. The molecular formula is C17H14N2O2. The maximum Gasteiger partial charge on any atom is 0.256 e. The standard InChI is InChI=1S/C17H14N2O2/c1-11-10-12(20)6-7-15(11)19-17(21)14-8-9-18-16-5-3-2-4-13(14)16/h2-10,20H,1H3,(H,19,21). The number of nitrogens with one attached hydrogen (secondary N) is 1. The van der Waals surface area contributed by atoms with Gasteiger partial charge in [0.2, 0.25) is 0 Å². The van der Waals surface area contributed by atoms with Crippen molar-refractivity contribution < 1.29 is 9.90 Å². The van der Waals surface area contributed by atoms with Crippen LogP contribution in [-0.4, -0.2) is 16.0 Å². The van der Waals surface area contributed by atoms with E-state index in [1.165, 1.54) is 0 Å². The van der Waals surface area contributed by atoms with Gasteiger partial charge < -0.3 is 10.4 Å². The predicted octanol–water partition coefficient (Wildman–Crippen LogP) is 3.50. The monoisotopic (exact) mass is 278 g/mol. The lowest BCUT2D eigenvalue weighted by atomic mass is 10.1. The fourth-order valence-electron chi connectivity index (χ4n) is 2.27. The Morgan fingerprint density at radius 2 is 1.95 bits per heavy atom. The van der Waals surface area contributed by atoms with Gasteiger partial charge in [-0.1, -0.05) is 18.2 Å². The molecule has 0 saturated heterocycles. The summed E-state index contributed by atoms with van der Waals surface area (Å²) in [6, 6.07) is 14.1. The molecule has 0 fully saturated rings. The molecule has 4 heteroatoms. The maximum absolute atomic E-state index is 12.5. The molecular weight excluding hydrogens is 264 g/mol. The third kappa shape index (κ3) is 2.56. The Hall–Kier alpha value is -2.88. The third-order valence-corrected chi connectivity index (χ3v) is 3.35. The number of aryl methyl sites for hydroxylation is 1. The molecule has 0 radical (unpaired) electrons. The molecule has 0 bridgehead atoms. The molecule has 0 aliphatic rings. The minimum atomic E-state index is -0.192. The minimum absolute atomic E-state index is 0.180. The first-order valence-corrected chi connectivity index (χ1v) is 6.60. The summed E-state index contributed by atoms with van der Waals surface area (Å²) in [4.78, 5) is 16.7. The van der Waals surface area contributed by atoms with Crippen LogP contribution in [0.5, 0.6) is 5.75 Å². The van der Waals surface area contributed by atoms with Crippen molar-refractivity contribution in [2.75, 3.05) is 5.32 Å². The smallest absolute Gasteiger partial charge is 0.256 e. The molecule has 4 nitrogen and oxygen atoms in total. The van der Waals surface area contributed by atoms with Crippen molar-refractivity contribution in [2.24, 2.45) is 0 Å². The molecule has 0 atom stereocenters. The van der Waals surface area contributed by atoms with E-state index in [4.69, 9.17) is 0 Å². The van der Waals surface area contributed by atoms with Gasteiger partial charge in [0.1, 0.15) is 5.75 Å². The third-order valence-electron chi connectivity index (χ3n) is 3.35. The second kappa shape index (κ2) is 5.25. The number of carbonyl (C=O) groups excluding carboxylic acids is 1. The number of hydrogen-bond donors (Lipinski definition) is 2. The number of anilines is 1. The van der Waals surface area contributed by atoms with Gasteiger partial charge in [-0.15, -0.1) is 0 Å². The number of hydrogen-bond acceptors (Lipinski definition) is 3. The lowest BCUT2D eigenvalue weighted by Crippen LogP contribution is -2.13. The van der Waals surface area contributed by atoms with E-state index in [2.05, 4.69) is 10.3 Å². The molecule has 1 amide bonds. The molecule has 0 aliphatic carbocycles. The molecule has 104 valence electrons. The molecule has 0 aliphatic heterocycles. The van der Waals surface area contributed by atoms with Crippen LogP contribution in [0.2, 0.25) is 0 Å². The highest BCUT2D eigenvalue weighted by Gasteiger charge is 2.11. The number of fused-ring (bicyclic) bond motifs is 1. The van der Waals surface area contributed by atoms with Crippen molar-refractivity contribution in [3.05, 3.63) is 65.9 Å². The Balaban J connectivity index is 1.97. The van der Waals surface area contributed by atoms with E-state index < -0.39 is 0 Å². The van der Waals surface area contributed by atoms with Gasteiger partial charge in [-0.3, -0.25) is 9.78 Å². The van der Waals surface area contributed by atoms with Crippen LogP contribution in [-0.2, 0) is 0 Å². The first-order chi connectivity index (χ1) is 10.1. The molecule has 2 aromatic carbocycles. The van der Waals surface area contributed by atoms with Crippen LogP contribution in [0.15, 0.2) is 54.7 Å². The Labute approximate surface area is 122 Å². The topological polar surface area (TPSA) is 62.2 Å². The number of para-hydroxylation sites is 1. The van der Waals surface area contributed by atoms with Gasteiger partial charge in [0.15, 0.2) is 0 Å². The lowest BCUT2D eigenvalue weighted by Gasteiger charge is -2.10. The molecule has 0 spiro atoms. The van der Waals surface area contributed by atoms with E-state index in [1.54, 1.807) is 30.5 Å². The summed E-state index contributed by atoms with van der Waals surface area (Å²) in [5.74, 6) is -0.0118. The normalized spacial score (nSPS) is 10.5. The Kier molecular flexibility index (Phi) is 3.28. The number of benzene rings is 2. The Bertz CT molecular complexity index is 823. The van der Waals surface area contributed by atoms with Gasteiger partial charge in [-0.05, 0) is 42.8 Å². The van der Waals surface area contributed by atoms with E-state index in [-0.39, 0.29) is 11.7 Å². The van der Waals surface area contributed by atoms with Gasteiger partial charge >= 0.3 is 0 Å². The quantitative estimate of drug-likeness (QED) is 0.705. The van der Waals surface area contributed by atoms with Crippen molar-refractivity contribution in [2.45, 2.75) is 6.92 Å². The molecule has 3 rings (SSSR count). The highest BCUT2D eigenvalue weighted by Crippen LogP contribution is 2.22. The first-order valence-electron chi connectivity index (χ1n) is 6.60. The SMILES string of the molecule is Cc1cc(O)ccc1NC(=O)c1ccnc2ccccc12. The van der Waals surface area contributed by atoms with Crippen LogP contribution >= 0.6 is 0 Å². The summed E-state index contributed by atoms with van der Waals surface area (Å²) < 4.78 is 0. The maximum atomic E-state index is 12.5. The van der Waals surface area contributed by atoms with Crippen LogP contribution < -0.4 is 5.32 Å². The summed E-state index contributed by atoms with van der Waals surface area (Å²) in [6.07, 6.45) is 1.63. The second-order valence-corrected chi connectivity index (χ2v) is 4.83. The summed E-state index contributed by atoms with van der Waals surface area (Å²) >= 11 is 0. The fraction of sp³-hybridized carbons (Fsp3) is 0.0588. The van der Waals surface area contributed by atoms with Gasteiger partial charge in [-0.25, -0.2) is 0 Å². The molecule has 0 saturated carbocycles. The number of phenols is 1. The van der Waals surface area contributed by atoms with Gasteiger partial charge in [0, 0.05) is 17.3 Å². The molecule has 3 aromatic rings. The minimum Gasteiger partial charge on any atom is -0.508 e.